The SMILES string of the molecule is COC(=O)c1csc(C2CCN(C(=O)c3ccc(C[C@@H]4CC[C@H]([C@H](O)c5ccccc5)N4)cc3)CC2)n1. The van der Waals surface area contributed by atoms with Gasteiger partial charge in [0, 0.05) is 42.0 Å². The van der Waals surface area contributed by atoms with Crippen LogP contribution in [0.1, 0.15) is 74.7 Å². The van der Waals surface area contributed by atoms with E-state index in [1.807, 2.05) is 59.5 Å². The van der Waals surface area contributed by atoms with Crippen LogP contribution in [0.3, 0.4) is 0 Å². The van der Waals surface area contributed by atoms with Gasteiger partial charge in [0.2, 0.25) is 0 Å². The number of rotatable bonds is 7. The van der Waals surface area contributed by atoms with Crippen molar-refractivity contribution in [1.29, 1.82) is 0 Å². The lowest BCUT2D eigenvalue weighted by Crippen LogP contribution is -2.38. The van der Waals surface area contributed by atoms with Crippen molar-refractivity contribution < 1.29 is 19.4 Å². The molecule has 0 saturated carbocycles. The molecule has 1 amide bonds. The first kappa shape index (κ1) is 25.6. The van der Waals surface area contributed by atoms with E-state index in [1.165, 1.54) is 24.0 Å². The quantitative estimate of drug-likeness (QED) is 0.451. The van der Waals surface area contributed by atoms with Crippen molar-refractivity contribution in [2.45, 2.75) is 56.2 Å². The van der Waals surface area contributed by atoms with E-state index in [0.29, 0.717) is 30.4 Å². The molecule has 194 valence electrons. The molecule has 5 rings (SSSR count). The molecule has 2 saturated heterocycles. The van der Waals surface area contributed by atoms with Gasteiger partial charge in [-0.05, 0) is 55.4 Å². The van der Waals surface area contributed by atoms with Crippen LogP contribution in [0, 0.1) is 0 Å². The molecule has 37 heavy (non-hydrogen) atoms. The fraction of sp³-hybridized carbons (Fsp3) is 0.414. The minimum absolute atomic E-state index is 0.0597. The standard InChI is InChI=1S/C29H33N3O4S/c1-36-29(35)25-18-37-27(31-25)21-13-15-32(16-14-21)28(34)22-9-7-19(8-10-22)17-23-11-12-24(30-23)26(33)20-5-3-2-4-6-20/h2-10,18,21,23-24,26,30,33H,11-17H2,1H3/t23-,24+,26+/m0/s1. The maximum atomic E-state index is 13.1. The van der Waals surface area contributed by atoms with Gasteiger partial charge < -0.3 is 20.1 Å². The Balaban J connectivity index is 1.11. The Bertz CT molecular complexity index is 1210. The smallest absolute Gasteiger partial charge is 0.357 e. The van der Waals surface area contributed by atoms with Crippen molar-refractivity contribution in [2.24, 2.45) is 0 Å². The molecule has 0 spiro atoms. The molecule has 1 aromatic heterocycles. The number of likely N-dealkylation sites (tertiary alicyclic amines) is 1. The highest BCUT2D eigenvalue weighted by Crippen LogP contribution is 2.31. The largest absolute Gasteiger partial charge is 0.464 e. The summed E-state index contributed by atoms with van der Waals surface area (Å²) in [6.07, 6.45) is 4.01. The summed E-state index contributed by atoms with van der Waals surface area (Å²) in [5.74, 6) is -0.0886. The van der Waals surface area contributed by atoms with E-state index in [1.54, 1.807) is 5.38 Å². The van der Waals surface area contributed by atoms with Crippen molar-refractivity contribution in [3.8, 4) is 0 Å². The second-order valence-electron chi connectivity index (χ2n) is 9.93. The molecule has 2 fully saturated rings. The van der Waals surface area contributed by atoms with Crippen molar-refractivity contribution in [3.05, 3.63) is 87.4 Å². The Morgan fingerprint density at radius 1 is 1.08 bits per heavy atom. The number of aromatic nitrogens is 1. The Hall–Kier alpha value is -3.07. The van der Waals surface area contributed by atoms with Crippen molar-refractivity contribution in [2.75, 3.05) is 20.2 Å². The average molecular weight is 520 g/mol. The van der Waals surface area contributed by atoms with E-state index in [0.717, 1.165) is 42.7 Å². The maximum absolute atomic E-state index is 13.1. The minimum Gasteiger partial charge on any atom is -0.464 e. The summed E-state index contributed by atoms with van der Waals surface area (Å²) in [5, 5.41) is 17.0. The molecular weight excluding hydrogens is 486 g/mol. The van der Waals surface area contributed by atoms with Crippen LogP contribution >= 0.6 is 11.3 Å². The van der Waals surface area contributed by atoms with Gasteiger partial charge in [-0.3, -0.25) is 4.79 Å². The summed E-state index contributed by atoms with van der Waals surface area (Å²) in [7, 11) is 1.36. The normalized spacial score (nSPS) is 21.1. The number of hydrogen-bond donors (Lipinski definition) is 2. The zero-order valence-corrected chi connectivity index (χ0v) is 21.8. The number of aliphatic hydroxyl groups is 1. The lowest BCUT2D eigenvalue weighted by molar-refractivity contribution is 0.0594. The van der Waals surface area contributed by atoms with Gasteiger partial charge in [0.25, 0.3) is 5.91 Å². The fourth-order valence-corrected chi connectivity index (χ4v) is 6.36. The molecule has 0 bridgehead atoms. The summed E-state index contributed by atoms with van der Waals surface area (Å²) < 4.78 is 4.75. The predicted octanol–water partition coefficient (Wildman–Crippen LogP) is 4.35. The first-order valence-corrected chi connectivity index (χ1v) is 13.8. The molecule has 2 aliphatic heterocycles. The predicted molar refractivity (Wildman–Crippen MR) is 143 cm³/mol. The van der Waals surface area contributed by atoms with Crippen LogP contribution in [0.2, 0.25) is 0 Å². The van der Waals surface area contributed by atoms with Crippen molar-refractivity contribution in [1.82, 2.24) is 15.2 Å². The molecule has 3 atom stereocenters. The van der Waals surface area contributed by atoms with Crippen LogP contribution < -0.4 is 5.32 Å². The molecule has 2 aliphatic rings. The first-order chi connectivity index (χ1) is 18.0. The number of benzene rings is 2. The summed E-state index contributed by atoms with van der Waals surface area (Å²) in [6.45, 7) is 1.35. The summed E-state index contributed by atoms with van der Waals surface area (Å²) in [5.41, 5.74) is 3.20. The number of aliphatic hydroxyl groups excluding tert-OH is 1. The topological polar surface area (TPSA) is 91.8 Å². The number of methoxy groups -OCH3 is 1. The number of thiazole rings is 1. The van der Waals surface area contributed by atoms with E-state index in [4.69, 9.17) is 4.74 Å². The van der Waals surface area contributed by atoms with Crippen LogP contribution in [0.4, 0.5) is 0 Å². The number of carbonyl (C=O) groups excluding carboxylic acids is 2. The van der Waals surface area contributed by atoms with Crippen LogP contribution in [0.5, 0.6) is 0 Å². The number of amides is 1. The average Bonchev–Trinajstić information content (AvgIpc) is 3.63. The molecule has 2 N–H and O–H groups in total. The highest BCUT2D eigenvalue weighted by Gasteiger charge is 2.30. The van der Waals surface area contributed by atoms with Crippen LogP contribution in [-0.4, -0.2) is 59.1 Å². The van der Waals surface area contributed by atoms with E-state index in [9.17, 15) is 14.7 Å². The van der Waals surface area contributed by atoms with Crippen LogP contribution in [0.15, 0.2) is 60.0 Å². The van der Waals surface area contributed by atoms with Crippen LogP contribution in [-0.2, 0) is 11.2 Å². The maximum Gasteiger partial charge on any atom is 0.357 e. The van der Waals surface area contributed by atoms with Crippen molar-refractivity contribution in [3.63, 3.8) is 0 Å². The molecule has 3 aromatic rings. The van der Waals surface area contributed by atoms with Gasteiger partial charge in [0.15, 0.2) is 5.69 Å². The zero-order chi connectivity index (χ0) is 25.8. The van der Waals surface area contributed by atoms with Crippen LogP contribution in [0.25, 0.3) is 0 Å². The van der Waals surface area contributed by atoms with Gasteiger partial charge in [0.1, 0.15) is 0 Å². The molecule has 8 heteroatoms. The van der Waals surface area contributed by atoms with E-state index >= 15 is 0 Å². The Kier molecular flexibility index (Phi) is 7.98. The van der Waals surface area contributed by atoms with Gasteiger partial charge >= 0.3 is 5.97 Å². The first-order valence-electron chi connectivity index (χ1n) is 12.9. The molecule has 2 aromatic carbocycles. The second kappa shape index (κ2) is 11.5. The van der Waals surface area contributed by atoms with Gasteiger partial charge in [-0.15, -0.1) is 11.3 Å². The molecule has 0 aliphatic carbocycles. The Morgan fingerprint density at radius 2 is 1.81 bits per heavy atom. The second-order valence-corrected chi connectivity index (χ2v) is 10.8. The lowest BCUT2D eigenvalue weighted by atomic mass is 9.96. The molecule has 0 radical (unpaired) electrons. The third kappa shape index (κ3) is 5.92. The number of carbonyl (C=O) groups is 2. The Morgan fingerprint density at radius 3 is 2.51 bits per heavy atom. The molecule has 7 nitrogen and oxygen atoms in total. The highest BCUT2D eigenvalue weighted by atomic mass is 32.1. The van der Waals surface area contributed by atoms with Gasteiger partial charge in [0.05, 0.1) is 18.2 Å². The van der Waals surface area contributed by atoms with Gasteiger partial charge in [-0.2, -0.15) is 0 Å². The van der Waals surface area contributed by atoms with Gasteiger partial charge in [-0.1, -0.05) is 42.5 Å². The third-order valence-corrected chi connectivity index (χ3v) is 8.54. The molecule has 0 unspecified atom stereocenters. The Labute approximate surface area is 221 Å². The molecular formula is C29H33N3O4S. The highest BCUT2D eigenvalue weighted by molar-refractivity contribution is 7.09. The summed E-state index contributed by atoms with van der Waals surface area (Å²) in [4.78, 5) is 31.1. The number of esters is 1. The number of nitrogens with one attached hydrogen (secondary N) is 1. The number of hydrogen-bond acceptors (Lipinski definition) is 7. The van der Waals surface area contributed by atoms with Gasteiger partial charge in [-0.25, -0.2) is 9.78 Å². The number of nitrogens with zero attached hydrogens (tertiary/aromatic N) is 2. The third-order valence-electron chi connectivity index (χ3n) is 7.53. The van der Waals surface area contributed by atoms with Crippen molar-refractivity contribution >= 4 is 23.2 Å². The van der Waals surface area contributed by atoms with E-state index in [-0.39, 0.29) is 17.9 Å². The lowest BCUT2D eigenvalue weighted by Gasteiger charge is -2.31. The number of ether oxygens (including phenoxy) is 1. The number of piperidine rings is 1. The fourth-order valence-electron chi connectivity index (χ4n) is 5.40. The summed E-state index contributed by atoms with van der Waals surface area (Å²) >= 11 is 1.49. The summed E-state index contributed by atoms with van der Waals surface area (Å²) in [6, 6.07) is 18.1. The van der Waals surface area contributed by atoms with E-state index < -0.39 is 12.1 Å². The minimum atomic E-state index is -0.499. The zero-order valence-electron chi connectivity index (χ0n) is 21.0. The van der Waals surface area contributed by atoms with E-state index in [2.05, 4.69) is 10.3 Å². The molecule has 3 heterocycles. The monoisotopic (exact) mass is 519 g/mol.